The number of hydrogen-bond donors (Lipinski definition) is 0. The second-order valence-electron chi connectivity index (χ2n) is 11.4. The van der Waals surface area contributed by atoms with Crippen molar-refractivity contribution in [2.45, 2.75) is 51.4 Å². The van der Waals surface area contributed by atoms with E-state index in [2.05, 4.69) is 59.5 Å². The summed E-state index contributed by atoms with van der Waals surface area (Å²) in [4.78, 5) is 20.0. The van der Waals surface area contributed by atoms with Crippen molar-refractivity contribution in [3.63, 3.8) is 0 Å². The lowest BCUT2D eigenvalue weighted by Crippen LogP contribution is -2.20. The number of carbonyl (C=O) groups excluding carboxylic acids is 1. The summed E-state index contributed by atoms with van der Waals surface area (Å²) in [5.41, 5.74) is 7.60. The molecule has 42 heavy (non-hydrogen) atoms. The second-order valence-corrected chi connectivity index (χ2v) is 11.8. The normalized spacial score (nSPS) is 13.6. The van der Waals surface area contributed by atoms with Gasteiger partial charge in [0.1, 0.15) is 5.78 Å². The maximum atomic E-state index is 12.6. The molecule has 0 atom stereocenters. The number of aromatic nitrogens is 3. The highest BCUT2D eigenvalue weighted by Crippen LogP contribution is 2.23. The van der Waals surface area contributed by atoms with Crippen molar-refractivity contribution in [2.24, 2.45) is 0 Å². The Morgan fingerprint density at radius 1 is 0.786 bits per heavy atom. The molecule has 3 aromatic carbocycles. The van der Waals surface area contributed by atoms with Gasteiger partial charge in [-0.3, -0.25) is 4.79 Å². The second kappa shape index (κ2) is 13.5. The molecule has 5 aromatic rings. The van der Waals surface area contributed by atoms with Crippen LogP contribution in [0.5, 0.6) is 0 Å². The van der Waals surface area contributed by atoms with Crippen molar-refractivity contribution in [3.8, 4) is 11.3 Å². The fraction of sp³-hybridized carbons (Fsp3) is 0.306. The zero-order valence-electron chi connectivity index (χ0n) is 24.0. The Hall–Kier alpha value is -3.80. The lowest BCUT2D eigenvalue weighted by atomic mass is 10.0. The largest absolute Gasteiger partial charge is 0.303 e. The van der Waals surface area contributed by atoms with Crippen LogP contribution < -0.4 is 0 Å². The molecule has 0 bridgehead atoms. The quantitative estimate of drug-likeness (QED) is 0.155. The number of fused-ring (bicyclic) bond motifs is 1. The Bertz CT molecular complexity index is 1650. The van der Waals surface area contributed by atoms with Crippen molar-refractivity contribution in [2.75, 3.05) is 19.6 Å². The lowest BCUT2D eigenvalue weighted by Gasteiger charge is -2.13. The molecule has 0 unspecified atom stereocenters. The number of benzene rings is 3. The first-order valence-corrected chi connectivity index (χ1v) is 15.5. The van der Waals surface area contributed by atoms with Gasteiger partial charge < -0.3 is 4.90 Å². The molecule has 0 aliphatic carbocycles. The van der Waals surface area contributed by atoms with Crippen LogP contribution in [0.4, 0.5) is 0 Å². The molecule has 5 nitrogen and oxygen atoms in total. The first-order chi connectivity index (χ1) is 20.6. The summed E-state index contributed by atoms with van der Waals surface area (Å²) >= 11 is 6.07. The standard InChI is InChI=1S/C36H37ClN4O/c37-32-11-4-8-30(24-32)25-33(42)19-18-28-7-3-10-31(23-28)34-12-5-13-36-38-35(39-41(34)36)26-29-16-14-27(15-17-29)9-6-22-40-20-1-2-21-40/h3-5,7-8,10-17,23-24H,1-2,6,9,18-22,25-26H2. The number of pyridine rings is 1. The van der Waals surface area contributed by atoms with E-state index in [0.29, 0.717) is 30.7 Å². The molecule has 6 heteroatoms. The molecule has 214 valence electrons. The molecule has 1 aliphatic rings. The zero-order valence-corrected chi connectivity index (χ0v) is 24.8. The summed E-state index contributed by atoms with van der Waals surface area (Å²) in [5, 5.41) is 5.56. The van der Waals surface area contributed by atoms with E-state index >= 15 is 0 Å². The average molecular weight is 577 g/mol. The van der Waals surface area contributed by atoms with Gasteiger partial charge in [-0.15, -0.1) is 0 Å². The first kappa shape index (κ1) is 28.3. The lowest BCUT2D eigenvalue weighted by molar-refractivity contribution is -0.118. The molecular formula is C36H37ClN4O. The predicted molar refractivity (Wildman–Crippen MR) is 170 cm³/mol. The number of hydrogen-bond acceptors (Lipinski definition) is 4. The van der Waals surface area contributed by atoms with Gasteiger partial charge in [0, 0.05) is 29.8 Å². The molecule has 6 rings (SSSR count). The molecule has 1 saturated heterocycles. The average Bonchev–Trinajstić information content (AvgIpc) is 3.67. The Balaban J connectivity index is 1.09. The minimum Gasteiger partial charge on any atom is -0.303 e. The van der Waals surface area contributed by atoms with E-state index < -0.39 is 0 Å². The van der Waals surface area contributed by atoms with Gasteiger partial charge in [0.25, 0.3) is 0 Å². The third-order valence-corrected chi connectivity index (χ3v) is 8.37. The van der Waals surface area contributed by atoms with E-state index in [1.54, 1.807) is 0 Å². The Labute approximate surface area is 253 Å². The van der Waals surface area contributed by atoms with Crippen LogP contribution in [0.3, 0.4) is 0 Å². The molecule has 2 aromatic heterocycles. The molecule has 0 amide bonds. The smallest absolute Gasteiger partial charge is 0.156 e. The van der Waals surface area contributed by atoms with Crippen molar-refractivity contribution < 1.29 is 4.79 Å². The first-order valence-electron chi connectivity index (χ1n) is 15.1. The summed E-state index contributed by atoms with van der Waals surface area (Å²) in [5.74, 6) is 1.02. The van der Waals surface area contributed by atoms with Crippen LogP contribution in [-0.2, 0) is 30.5 Å². The number of aryl methyl sites for hydroxylation is 2. The Morgan fingerprint density at radius 3 is 2.38 bits per heavy atom. The monoisotopic (exact) mass is 576 g/mol. The SMILES string of the molecule is O=C(CCc1cccc(-c2cccc3nc(Cc4ccc(CCCN5CCCC5)cc4)nn23)c1)Cc1cccc(Cl)c1. The van der Waals surface area contributed by atoms with Crippen LogP contribution in [0.1, 0.15) is 53.8 Å². The Morgan fingerprint density at radius 2 is 1.55 bits per heavy atom. The number of rotatable bonds is 12. The number of ketones is 1. The van der Waals surface area contributed by atoms with Gasteiger partial charge >= 0.3 is 0 Å². The number of halogens is 1. The number of nitrogens with zero attached hydrogens (tertiary/aromatic N) is 4. The summed E-state index contributed by atoms with van der Waals surface area (Å²) < 4.78 is 1.94. The highest BCUT2D eigenvalue weighted by Gasteiger charge is 2.12. The van der Waals surface area contributed by atoms with Gasteiger partial charge in [0.2, 0.25) is 0 Å². The van der Waals surface area contributed by atoms with Gasteiger partial charge in [0.05, 0.1) is 5.69 Å². The van der Waals surface area contributed by atoms with Crippen LogP contribution >= 0.6 is 11.6 Å². The van der Waals surface area contributed by atoms with E-state index in [0.717, 1.165) is 40.3 Å². The van der Waals surface area contributed by atoms with Crippen molar-refractivity contribution in [1.29, 1.82) is 0 Å². The van der Waals surface area contributed by atoms with Crippen LogP contribution in [0, 0.1) is 0 Å². The fourth-order valence-electron chi connectivity index (χ4n) is 5.90. The van der Waals surface area contributed by atoms with Crippen LogP contribution in [0.15, 0.2) is 91.0 Å². The van der Waals surface area contributed by atoms with Crippen LogP contribution in [-0.4, -0.2) is 44.9 Å². The van der Waals surface area contributed by atoms with Gasteiger partial charge in [-0.2, -0.15) is 5.10 Å². The topological polar surface area (TPSA) is 50.5 Å². The van der Waals surface area contributed by atoms with E-state index in [9.17, 15) is 4.79 Å². The number of Topliss-reactive ketones (excluding diaryl/α,β-unsaturated/α-hetero) is 1. The third kappa shape index (κ3) is 7.33. The molecule has 1 fully saturated rings. The van der Waals surface area contributed by atoms with E-state index in [-0.39, 0.29) is 5.78 Å². The van der Waals surface area contributed by atoms with Gasteiger partial charge in [-0.25, -0.2) is 9.50 Å². The van der Waals surface area contributed by atoms with Crippen molar-refractivity contribution >= 4 is 23.0 Å². The predicted octanol–water partition coefficient (Wildman–Crippen LogP) is 7.41. The molecule has 3 heterocycles. The molecule has 0 N–H and O–H groups in total. The number of likely N-dealkylation sites (tertiary alicyclic amines) is 1. The summed E-state index contributed by atoms with van der Waals surface area (Å²) in [6.07, 6.45) is 7.35. The molecule has 0 saturated carbocycles. The molecule has 0 spiro atoms. The van der Waals surface area contributed by atoms with Crippen LogP contribution in [0.25, 0.3) is 16.9 Å². The summed E-state index contributed by atoms with van der Waals surface area (Å²) in [6.45, 7) is 3.75. The van der Waals surface area contributed by atoms with Gasteiger partial charge in [0.15, 0.2) is 11.5 Å². The zero-order chi connectivity index (χ0) is 28.7. The van der Waals surface area contributed by atoms with Gasteiger partial charge in [-0.1, -0.05) is 72.3 Å². The van der Waals surface area contributed by atoms with Crippen LogP contribution in [0.2, 0.25) is 5.02 Å². The maximum Gasteiger partial charge on any atom is 0.156 e. The van der Waals surface area contributed by atoms with Crippen molar-refractivity contribution in [3.05, 3.63) is 124 Å². The molecular weight excluding hydrogens is 540 g/mol. The van der Waals surface area contributed by atoms with Crippen molar-refractivity contribution in [1.82, 2.24) is 19.5 Å². The van der Waals surface area contributed by atoms with E-state index in [1.807, 2.05) is 40.9 Å². The minimum absolute atomic E-state index is 0.209. The number of carbonyl (C=O) groups is 1. The highest BCUT2D eigenvalue weighted by molar-refractivity contribution is 6.30. The van der Waals surface area contributed by atoms with Gasteiger partial charge in [-0.05, 0) is 104 Å². The maximum absolute atomic E-state index is 12.6. The fourth-order valence-corrected chi connectivity index (χ4v) is 6.11. The molecule has 1 aliphatic heterocycles. The van der Waals surface area contributed by atoms with E-state index in [4.69, 9.17) is 21.7 Å². The Kier molecular flexibility index (Phi) is 9.07. The molecule has 0 radical (unpaired) electrons. The minimum atomic E-state index is 0.209. The summed E-state index contributed by atoms with van der Waals surface area (Å²) in [6, 6.07) is 31.0. The highest BCUT2D eigenvalue weighted by atomic mass is 35.5. The third-order valence-electron chi connectivity index (χ3n) is 8.13. The van der Waals surface area contributed by atoms with E-state index in [1.165, 1.54) is 50.0 Å². The summed E-state index contributed by atoms with van der Waals surface area (Å²) in [7, 11) is 0.